The van der Waals surface area contributed by atoms with E-state index in [2.05, 4.69) is 6.92 Å². The van der Waals surface area contributed by atoms with Gasteiger partial charge in [0.1, 0.15) is 0 Å². The van der Waals surface area contributed by atoms with Crippen LogP contribution in [0.4, 0.5) is 0 Å². The molecule has 2 N–H and O–H groups in total. The summed E-state index contributed by atoms with van der Waals surface area (Å²) in [6.45, 7) is 4.87. The van der Waals surface area contributed by atoms with Crippen LogP contribution in [0.5, 0.6) is 0 Å². The molecule has 0 aliphatic rings. The number of hydrogen-bond donors (Lipinski definition) is 1. The lowest BCUT2D eigenvalue weighted by molar-refractivity contribution is -0.132. The first kappa shape index (κ1) is 14.4. The maximum Gasteiger partial charge on any atom is 0.232 e. The largest absolute Gasteiger partial charge is 0.393 e. The Bertz CT molecular complexity index is 219. The number of carbonyl (C=O) groups excluding carboxylic acids is 1. The number of unbranched alkanes of at least 4 members (excludes halogenated alkanes) is 2. The standard InChI is InChI=1S/C11H22N2OS/c1-4-6-7-8-13(3)11(14)9(5-2)10(12)15/h9H,4-8H2,1-3H3,(H2,12,15). The fourth-order valence-electron chi connectivity index (χ4n) is 1.47. The van der Waals surface area contributed by atoms with Crippen LogP contribution < -0.4 is 5.73 Å². The molecule has 0 fully saturated rings. The third-order valence-electron chi connectivity index (χ3n) is 2.52. The molecular weight excluding hydrogens is 208 g/mol. The van der Waals surface area contributed by atoms with E-state index in [-0.39, 0.29) is 11.8 Å². The molecule has 0 bridgehead atoms. The smallest absolute Gasteiger partial charge is 0.232 e. The molecule has 15 heavy (non-hydrogen) atoms. The van der Waals surface area contributed by atoms with E-state index in [1.165, 1.54) is 0 Å². The molecule has 0 aliphatic heterocycles. The second-order valence-electron chi connectivity index (χ2n) is 3.83. The monoisotopic (exact) mass is 230 g/mol. The molecule has 0 aromatic heterocycles. The normalized spacial score (nSPS) is 12.2. The van der Waals surface area contributed by atoms with E-state index in [4.69, 9.17) is 18.0 Å². The van der Waals surface area contributed by atoms with Gasteiger partial charge in [0.15, 0.2) is 0 Å². The minimum atomic E-state index is -0.286. The van der Waals surface area contributed by atoms with Gasteiger partial charge in [-0.25, -0.2) is 0 Å². The van der Waals surface area contributed by atoms with Gasteiger partial charge in [-0.15, -0.1) is 0 Å². The lowest BCUT2D eigenvalue weighted by Gasteiger charge is -2.22. The number of nitrogens with zero attached hydrogens (tertiary/aromatic N) is 1. The van der Waals surface area contributed by atoms with Gasteiger partial charge < -0.3 is 10.6 Å². The highest BCUT2D eigenvalue weighted by atomic mass is 32.1. The molecule has 4 heteroatoms. The van der Waals surface area contributed by atoms with E-state index in [0.29, 0.717) is 11.4 Å². The first-order valence-electron chi connectivity index (χ1n) is 5.58. The molecule has 0 aliphatic carbocycles. The summed E-state index contributed by atoms with van der Waals surface area (Å²) >= 11 is 4.88. The Hall–Kier alpha value is -0.640. The van der Waals surface area contributed by atoms with Crippen molar-refractivity contribution in [2.24, 2.45) is 11.7 Å². The van der Waals surface area contributed by atoms with E-state index in [0.717, 1.165) is 25.8 Å². The predicted molar refractivity (Wildman–Crippen MR) is 67.7 cm³/mol. The van der Waals surface area contributed by atoms with E-state index in [1.807, 2.05) is 14.0 Å². The molecule has 1 atom stereocenters. The minimum Gasteiger partial charge on any atom is -0.393 e. The summed E-state index contributed by atoms with van der Waals surface area (Å²) < 4.78 is 0. The van der Waals surface area contributed by atoms with Gasteiger partial charge in [0.2, 0.25) is 5.91 Å². The van der Waals surface area contributed by atoms with Gasteiger partial charge in [-0.3, -0.25) is 4.79 Å². The number of hydrogen-bond acceptors (Lipinski definition) is 2. The van der Waals surface area contributed by atoms with Gasteiger partial charge in [0.25, 0.3) is 0 Å². The first-order chi connectivity index (χ1) is 7.04. The van der Waals surface area contributed by atoms with Crippen molar-refractivity contribution in [2.75, 3.05) is 13.6 Å². The van der Waals surface area contributed by atoms with Gasteiger partial charge in [-0.2, -0.15) is 0 Å². The van der Waals surface area contributed by atoms with E-state index in [1.54, 1.807) is 4.90 Å². The number of thiocarbonyl (C=S) groups is 1. The fourth-order valence-corrected chi connectivity index (χ4v) is 1.74. The van der Waals surface area contributed by atoms with Crippen molar-refractivity contribution < 1.29 is 4.79 Å². The summed E-state index contributed by atoms with van der Waals surface area (Å²) in [6, 6.07) is 0. The highest BCUT2D eigenvalue weighted by molar-refractivity contribution is 7.80. The van der Waals surface area contributed by atoms with Crippen molar-refractivity contribution in [2.45, 2.75) is 39.5 Å². The van der Waals surface area contributed by atoms with Crippen molar-refractivity contribution >= 4 is 23.1 Å². The van der Waals surface area contributed by atoms with E-state index >= 15 is 0 Å². The van der Waals surface area contributed by atoms with Gasteiger partial charge >= 0.3 is 0 Å². The molecule has 88 valence electrons. The average Bonchev–Trinajstić information content (AvgIpc) is 2.18. The lowest BCUT2D eigenvalue weighted by atomic mass is 10.1. The van der Waals surface area contributed by atoms with Crippen molar-refractivity contribution in [3.05, 3.63) is 0 Å². The third kappa shape index (κ3) is 5.11. The molecule has 3 nitrogen and oxygen atoms in total. The summed E-state index contributed by atoms with van der Waals surface area (Å²) in [7, 11) is 1.82. The Kier molecular flexibility index (Phi) is 7.30. The topological polar surface area (TPSA) is 46.3 Å². The van der Waals surface area contributed by atoms with Crippen LogP contribution in [0, 0.1) is 5.92 Å². The lowest BCUT2D eigenvalue weighted by Crippen LogP contribution is -2.39. The quantitative estimate of drug-likeness (QED) is 0.537. The van der Waals surface area contributed by atoms with Gasteiger partial charge in [-0.1, -0.05) is 38.9 Å². The Balaban J connectivity index is 4.11. The number of amides is 1. The first-order valence-corrected chi connectivity index (χ1v) is 5.99. The maximum atomic E-state index is 11.9. The maximum absolute atomic E-state index is 11.9. The summed E-state index contributed by atoms with van der Waals surface area (Å²) in [6.07, 6.45) is 4.05. The van der Waals surface area contributed by atoms with Crippen LogP contribution in [-0.4, -0.2) is 29.4 Å². The Labute approximate surface area is 98.0 Å². The van der Waals surface area contributed by atoms with Crippen LogP contribution in [0.25, 0.3) is 0 Å². The van der Waals surface area contributed by atoms with Crippen LogP contribution in [0.3, 0.4) is 0 Å². The Morgan fingerprint density at radius 3 is 2.40 bits per heavy atom. The number of carbonyl (C=O) groups is 1. The zero-order valence-corrected chi connectivity index (χ0v) is 10.8. The van der Waals surface area contributed by atoms with Crippen molar-refractivity contribution in [3.63, 3.8) is 0 Å². The average molecular weight is 230 g/mol. The molecule has 0 heterocycles. The van der Waals surface area contributed by atoms with Crippen LogP contribution >= 0.6 is 12.2 Å². The molecule has 0 saturated heterocycles. The third-order valence-corrected chi connectivity index (χ3v) is 2.81. The van der Waals surface area contributed by atoms with Gasteiger partial charge in [0.05, 0.1) is 10.9 Å². The molecule has 0 aromatic carbocycles. The molecule has 1 amide bonds. The summed E-state index contributed by atoms with van der Waals surface area (Å²) in [5.41, 5.74) is 5.52. The highest BCUT2D eigenvalue weighted by Gasteiger charge is 2.22. The van der Waals surface area contributed by atoms with E-state index < -0.39 is 0 Å². The molecule has 0 radical (unpaired) electrons. The molecular formula is C11H22N2OS. The summed E-state index contributed by atoms with van der Waals surface area (Å²) in [4.78, 5) is 13.9. The fraction of sp³-hybridized carbons (Fsp3) is 0.818. The van der Waals surface area contributed by atoms with Crippen LogP contribution in [0.2, 0.25) is 0 Å². The van der Waals surface area contributed by atoms with Crippen LogP contribution in [0.15, 0.2) is 0 Å². The predicted octanol–water partition coefficient (Wildman–Crippen LogP) is 1.95. The zero-order chi connectivity index (χ0) is 11.8. The molecule has 0 spiro atoms. The number of rotatable bonds is 7. The van der Waals surface area contributed by atoms with Crippen molar-refractivity contribution in [3.8, 4) is 0 Å². The van der Waals surface area contributed by atoms with Crippen LogP contribution in [-0.2, 0) is 4.79 Å². The van der Waals surface area contributed by atoms with Gasteiger partial charge in [-0.05, 0) is 12.8 Å². The summed E-state index contributed by atoms with van der Waals surface area (Å²) in [5.74, 6) is -0.229. The van der Waals surface area contributed by atoms with Crippen molar-refractivity contribution in [1.82, 2.24) is 4.90 Å². The second-order valence-corrected chi connectivity index (χ2v) is 4.30. The molecule has 0 saturated carbocycles. The number of nitrogens with two attached hydrogens (primary N) is 1. The molecule has 0 aromatic rings. The van der Waals surface area contributed by atoms with Crippen molar-refractivity contribution in [1.29, 1.82) is 0 Å². The Morgan fingerprint density at radius 1 is 1.40 bits per heavy atom. The highest BCUT2D eigenvalue weighted by Crippen LogP contribution is 2.08. The zero-order valence-electron chi connectivity index (χ0n) is 9.95. The minimum absolute atomic E-state index is 0.0566. The van der Waals surface area contributed by atoms with E-state index in [9.17, 15) is 4.79 Å². The second kappa shape index (κ2) is 7.63. The van der Waals surface area contributed by atoms with Gasteiger partial charge in [0, 0.05) is 13.6 Å². The van der Waals surface area contributed by atoms with Crippen LogP contribution in [0.1, 0.15) is 39.5 Å². The Morgan fingerprint density at radius 2 is 2.00 bits per heavy atom. The molecule has 0 rings (SSSR count). The SMILES string of the molecule is CCCCCN(C)C(=O)C(CC)C(N)=S. The molecule has 1 unspecified atom stereocenters. The summed E-state index contributed by atoms with van der Waals surface area (Å²) in [5, 5.41) is 0.